The van der Waals surface area contributed by atoms with Crippen LogP contribution in [0.1, 0.15) is 37.4 Å². The van der Waals surface area contributed by atoms with Gasteiger partial charge in [-0.1, -0.05) is 6.92 Å². The fourth-order valence-corrected chi connectivity index (χ4v) is 1.79. The highest BCUT2D eigenvalue weighted by atomic mass is 16.5. The van der Waals surface area contributed by atoms with E-state index in [1.54, 1.807) is 14.0 Å². The van der Waals surface area contributed by atoms with E-state index in [1.807, 2.05) is 13.8 Å². The van der Waals surface area contributed by atoms with E-state index >= 15 is 0 Å². The van der Waals surface area contributed by atoms with Crippen molar-refractivity contribution in [1.29, 1.82) is 0 Å². The van der Waals surface area contributed by atoms with E-state index in [4.69, 9.17) is 4.74 Å². The number of aromatic nitrogens is 2. The molecular weight excluding hydrogens is 192 g/mol. The van der Waals surface area contributed by atoms with E-state index in [0.29, 0.717) is 5.88 Å². The maximum atomic E-state index is 9.65. The summed E-state index contributed by atoms with van der Waals surface area (Å²) < 4.78 is 5.13. The van der Waals surface area contributed by atoms with Crippen molar-refractivity contribution in [2.24, 2.45) is 0 Å². The molecule has 15 heavy (non-hydrogen) atoms. The number of rotatable bonds is 4. The third-order valence-electron chi connectivity index (χ3n) is 2.64. The molecule has 1 N–H and O–H groups in total. The molecule has 0 aromatic carbocycles. The highest BCUT2D eigenvalue weighted by molar-refractivity contribution is 5.30. The molecule has 0 fully saturated rings. The van der Waals surface area contributed by atoms with Crippen LogP contribution in [0.5, 0.6) is 5.88 Å². The van der Waals surface area contributed by atoms with Crippen LogP contribution < -0.4 is 4.74 Å². The maximum Gasteiger partial charge on any atom is 0.219 e. The van der Waals surface area contributed by atoms with Crippen molar-refractivity contribution in [1.82, 2.24) is 9.97 Å². The number of methoxy groups -OCH3 is 1. The van der Waals surface area contributed by atoms with Crippen LogP contribution >= 0.6 is 0 Å². The molecule has 84 valence electrons. The van der Waals surface area contributed by atoms with E-state index in [9.17, 15) is 5.11 Å². The molecule has 0 bridgehead atoms. The Balaban J connectivity index is 3.12. The zero-order chi connectivity index (χ0) is 11.4. The van der Waals surface area contributed by atoms with Gasteiger partial charge in [0, 0.05) is 11.5 Å². The van der Waals surface area contributed by atoms with E-state index in [2.05, 4.69) is 9.97 Å². The normalized spacial score (nSPS) is 14.7. The van der Waals surface area contributed by atoms with Crippen molar-refractivity contribution in [3.05, 3.63) is 17.6 Å². The quantitative estimate of drug-likeness (QED) is 0.821. The van der Waals surface area contributed by atoms with Crippen LogP contribution in [0.2, 0.25) is 0 Å². The van der Waals surface area contributed by atoms with Gasteiger partial charge in [0.25, 0.3) is 0 Å². The summed E-state index contributed by atoms with van der Waals surface area (Å²) in [5, 5.41) is 9.65. The Bertz CT molecular complexity index is 326. The van der Waals surface area contributed by atoms with Crippen LogP contribution in [0, 0.1) is 6.92 Å². The van der Waals surface area contributed by atoms with Gasteiger partial charge in [-0.25, -0.2) is 9.97 Å². The summed E-state index contributed by atoms with van der Waals surface area (Å²) in [6.07, 6.45) is 1.92. The smallest absolute Gasteiger partial charge is 0.219 e. The Hall–Kier alpha value is -1.16. The third kappa shape index (κ3) is 2.45. The van der Waals surface area contributed by atoms with Crippen molar-refractivity contribution in [3.63, 3.8) is 0 Å². The first-order chi connectivity index (χ1) is 7.11. The molecule has 1 rings (SSSR count). The topological polar surface area (TPSA) is 55.2 Å². The second kappa shape index (κ2) is 5.07. The summed E-state index contributed by atoms with van der Waals surface area (Å²) in [4.78, 5) is 8.25. The molecule has 2 atom stereocenters. The second-order valence-corrected chi connectivity index (χ2v) is 3.65. The molecule has 4 nitrogen and oxygen atoms in total. The Morgan fingerprint density at radius 3 is 2.60 bits per heavy atom. The van der Waals surface area contributed by atoms with Crippen molar-refractivity contribution in [2.75, 3.05) is 7.11 Å². The van der Waals surface area contributed by atoms with E-state index in [1.165, 1.54) is 6.33 Å². The molecule has 0 aliphatic rings. The van der Waals surface area contributed by atoms with Crippen LogP contribution in [-0.2, 0) is 0 Å². The number of aliphatic hydroxyl groups is 1. The summed E-state index contributed by atoms with van der Waals surface area (Å²) in [7, 11) is 1.59. The van der Waals surface area contributed by atoms with Crippen molar-refractivity contribution >= 4 is 0 Å². The number of nitrogens with zero attached hydrogens (tertiary/aromatic N) is 2. The largest absolute Gasteiger partial charge is 0.481 e. The summed E-state index contributed by atoms with van der Waals surface area (Å²) in [5.41, 5.74) is 1.78. The summed E-state index contributed by atoms with van der Waals surface area (Å²) in [6, 6.07) is 0. The molecule has 2 unspecified atom stereocenters. The summed E-state index contributed by atoms with van der Waals surface area (Å²) >= 11 is 0. The van der Waals surface area contributed by atoms with Gasteiger partial charge >= 0.3 is 0 Å². The molecule has 4 heteroatoms. The van der Waals surface area contributed by atoms with Crippen LogP contribution in [0.25, 0.3) is 0 Å². The van der Waals surface area contributed by atoms with Gasteiger partial charge in [-0.15, -0.1) is 0 Å². The van der Waals surface area contributed by atoms with Gasteiger partial charge < -0.3 is 9.84 Å². The fourth-order valence-electron chi connectivity index (χ4n) is 1.79. The average molecular weight is 210 g/mol. The molecule has 1 heterocycles. The molecule has 0 saturated heterocycles. The molecule has 0 radical (unpaired) electrons. The number of hydrogen-bond acceptors (Lipinski definition) is 4. The first kappa shape index (κ1) is 11.9. The first-order valence-corrected chi connectivity index (χ1v) is 5.15. The van der Waals surface area contributed by atoms with Crippen molar-refractivity contribution in [2.45, 2.75) is 39.2 Å². The molecule has 1 aromatic rings. The summed E-state index contributed by atoms with van der Waals surface area (Å²) in [5.74, 6) is 0.626. The van der Waals surface area contributed by atoms with Gasteiger partial charge in [-0.2, -0.15) is 0 Å². The number of aliphatic hydroxyl groups excluding tert-OH is 1. The maximum absolute atomic E-state index is 9.65. The monoisotopic (exact) mass is 210 g/mol. The highest BCUT2D eigenvalue weighted by Gasteiger charge is 2.20. The predicted octanol–water partition coefficient (Wildman–Crippen LogP) is 1.67. The van der Waals surface area contributed by atoms with Gasteiger partial charge in [0.15, 0.2) is 0 Å². The lowest BCUT2D eigenvalue weighted by Crippen LogP contribution is -2.17. The predicted molar refractivity (Wildman–Crippen MR) is 58.0 cm³/mol. The van der Waals surface area contributed by atoms with E-state index in [-0.39, 0.29) is 5.92 Å². The zero-order valence-electron chi connectivity index (χ0n) is 9.69. The summed E-state index contributed by atoms with van der Waals surface area (Å²) in [6.45, 7) is 5.73. The number of hydrogen-bond donors (Lipinski definition) is 1. The lowest BCUT2D eigenvalue weighted by atomic mass is 9.94. The van der Waals surface area contributed by atoms with E-state index < -0.39 is 6.10 Å². The van der Waals surface area contributed by atoms with Crippen molar-refractivity contribution < 1.29 is 9.84 Å². The second-order valence-electron chi connectivity index (χ2n) is 3.65. The molecular formula is C11H18N2O2. The van der Waals surface area contributed by atoms with Gasteiger partial charge in [0.2, 0.25) is 5.88 Å². The molecule has 0 spiro atoms. The standard InChI is InChI=1S/C11H18N2O2/c1-5-9(8(3)14)10-7(2)11(15-4)13-6-12-10/h6,8-9,14H,5H2,1-4H3. The molecule has 0 aliphatic heterocycles. The van der Waals surface area contributed by atoms with E-state index in [0.717, 1.165) is 17.7 Å². The van der Waals surface area contributed by atoms with Crippen LogP contribution in [0.15, 0.2) is 6.33 Å². The zero-order valence-corrected chi connectivity index (χ0v) is 9.69. The molecule has 0 amide bonds. The van der Waals surface area contributed by atoms with Crippen molar-refractivity contribution in [3.8, 4) is 5.88 Å². The molecule has 0 aliphatic carbocycles. The Labute approximate surface area is 90.3 Å². The lowest BCUT2D eigenvalue weighted by molar-refractivity contribution is 0.157. The van der Waals surface area contributed by atoms with Gasteiger partial charge in [-0.05, 0) is 20.3 Å². The minimum Gasteiger partial charge on any atom is -0.481 e. The highest BCUT2D eigenvalue weighted by Crippen LogP contribution is 2.27. The number of ether oxygens (including phenoxy) is 1. The van der Waals surface area contributed by atoms with Crippen LogP contribution in [-0.4, -0.2) is 28.3 Å². The molecule has 0 saturated carbocycles. The Morgan fingerprint density at radius 2 is 2.13 bits per heavy atom. The lowest BCUT2D eigenvalue weighted by Gasteiger charge is -2.19. The molecule has 1 aromatic heterocycles. The SMILES string of the molecule is CCC(c1ncnc(OC)c1C)C(C)O. The minimum atomic E-state index is -0.409. The Morgan fingerprint density at radius 1 is 1.47 bits per heavy atom. The van der Waals surface area contributed by atoms with Crippen LogP contribution in [0.4, 0.5) is 0 Å². The van der Waals surface area contributed by atoms with Gasteiger partial charge in [0.05, 0.1) is 18.9 Å². The average Bonchev–Trinajstić information content (AvgIpc) is 2.21. The third-order valence-corrected chi connectivity index (χ3v) is 2.64. The van der Waals surface area contributed by atoms with Gasteiger partial charge in [-0.3, -0.25) is 0 Å². The Kier molecular flexibility index (Phi) is 4.03. The first-order valence-electron chi connectivity index (χ1n) is 5.15. The van der Waals surface area contributed by atoms with Gasteiger partial charge in [0.1, 0.15) is 6.33 Å². The van der Waals surface area contributed by atoms with Crippen LogP contribution in [0.3, 0.4) is 0 Å². The minimum absolute atomic E-state index is 0.0434. The fraction of sp³-hybridized carbons (Fsp3) is 0.636.